The number of hydrogen-bond donors (Lipinski definition) is 2. The summed E-state index contributed by atoms with van der Waals surface area (Å²) in [6, 6.07) is 26.3. The fourth-order valence-corrected chi connectivity index (χ4v) is 2.93. The van der Waals surface area contributed by atoms with Crippen molar-refractivity contribution in [2.45, 2.75) is 13.0 Å². The van der Waals surface area contributed by atoms with E-state index in [0.717, 1.165) is 35.8 Å². The molecule has 0 aliphatic rings. The summed E-state index contributed by atoms with van der Waals surface area (Å²) in [5.41, 5.74) is 3.21. The molecule has 2 heterocycles. The molecular formula is C23H22N4O. The number of rotatable bonds is 8. The molecule has 2 aromatic carbocycles. The standard InChI is InChI=1S/C23H22N4O/c1-3-8-18(9-4-1)13-14-24-23-26-21(19-10-5-2-6-11-19)16-22(27-23)25-17-20-12-7-15-28-20/h1-12,15-16H,13-14,17H2,(H2,24,25,26,27). The van der Waals surface area contributed by atoms with Crippen molar-refractivity contribution < 1.29 is 4.42 Å². The van der Waals surface area contributed by atoms with E-state index in [2.05, 4.69) is 39.9 Å². The summed E-state index contributed by atoms with van der Waals surface area (Å²) in [6.07, 6.45) is 2.58. The van der Waals surface area contributed by atoms with Gasteiger partial charge in [0.15, 0.2) is 0 Å². The van der Waals surface area contributed by atoms with E-state index in [9.17, 15) is 0 Å². The van der Waals surface area contributed by atoms with Gasteiger partial charge in [0, 0.05) is 18.2 Å². The lowest BCUT2D eigenvalue weighted by Gasteiger charge is -2.11. The molecular weight excluding hydrogens is 348 g/mol. The number of anilines is 2. The Bertz CT molecular complexity index is 986. The summed E-state index contributed by atoms with van der Waals surface area (Å²) in [4.78, 5) is 9.31. The number of hydrogen-bond acceptors (Lipinski definition) is 5. The normalized spacial score (nSPS) is 10.6. The molecule has 0 fully saturated rings. The summed E-state index contributed by atoms with van der Waals surface area (Å²) < 4.78 is 5.39. The number of aromatic nitrogens is 2. The van der Waals surface area contributed by atoms with E-state index in [0.29, 0.717) is 12.5 Å². The Balaban J connectivity index is 1.51. The number of furan rings is 1. The lowest BCUT2D eigenvalue weighted by molar-refractivity contribution is 0.518. The van der Waals surface area contributed by atoms with Gasteiger partial charge in [-0.05, 0) is 24.1 Å². The second-order valence-electron chi connectivity index (χ2n) is 6.42. The molecule has 0 saturated carbocycles. The Morgan fingerprint density at radius 1 is 0.786 bits per heavy atom. The molecule has 0 amide bonds. The molecule has 0 saturated heterocycles. The average Bonchev–Trinajstić information content (AvgIpc) is 3.27. The van der Waals surface area contributed by atoms with Crippen molar-refractivity contribution in [1.82, 2.24) is 9.97 Å². The quantitative estimate of drug-likeness (QED) is 0.457. The highest BCUT2D eigenvalue weighted by Gasteiger charge is 2.07. The van der Waals surface area contributed by atoms with Gasteiger partial charge in [0.1, 0.15) is 11.6 Å². The molecule has 0 radical (unpaired) electrons. The van der Waals surface area contributed by atoms with Gasteiger partial charge in [0.2, 0.25) is 5.95 Å². The largest absolute Gasteiger partial charge is 0.467 e. The van der Waals surface area contributed by atoms with Gasteiger partial charge in [-0.1, -0.05) is 60.7 Å². The average molecular weight is 370 g/mol. The summed E-state index contributed by atoms with van der Waals surface area (Å²) >= 11 is 0. The Labute approximate surface area is 164 Å². The molecule has 2 N–H and O–H groups in total. The highest BCUT2D eigenvalue weighted by Crippen LogP contribution is 2.21. The summed E-state index contributed by atoms with van der Waals surface area (Å²) in [7, 11) is 0. The lowest BCUT2D eigenvalue weighted by Crippen LogP contribution is -2.10. The van der Waals surface area contributed by atoms with Crippen LogP contribution in [0.4, 0.5) is 11.8 Å². The zero-order valence-corrected chi connectivity index (χ0v) is 15.5. The van der Waals surface area contributed by atoms with Crippen LogP contribution in [0.2, 0.25) is 0 Å². The van der Waals surface area contributed by atoms with Crippen LogP contribution in [-0.4, -0.2) is 16.5 Å². The van der Waals surface area contributed by atoms with E-state index in [1.54, 1.807) is 6.26 Å². The molecule has 0 spiro atoms. The van der Waals surface area contributed by atoms with Gasteiger partial charge in [-0.15, -0.1) is 0 Å². The zero-order valence-electron chi connectivity index (χ0n) is 15.5. The molecule has 0 aliphatic carbocycles. The SMILES string of the molecule is c1ccc(CCNc2nc(NCc3ccco3)cc(-c3ccccc3)n2)cc1. The summed E-state index contributed by atoms with van der Waals surface area (Å²) in [5, 5.41) is 6.67. The molecule has 140 valence electrons. The van der Waals surface area contributed by atoms with Crippen molar-refractivity contribution in [3.63, 3.8) is 0 Å². The molecule has 0 atom stereocenters. The highest BCUT2D eigenvalue weighted by atomic mass is 16.3. The minimum Gasteiger partial charge on any atom is -0.467 e. The third-order valence-electron chi connectivity index (χ3n) is 4.36. The molecule has 5 nitrogen and oxygen atoms in total. The molecule has 4 aromatic rings. The van der Waals surface area contributed by atoms with Gasteiger partial charge < -0.3 is 15.1 Å². The monoisotopic (exact) mass is 370 g/mol. The molecule has 0 aliphatic heterocycles. The Kier molecular flexibility index (Phi) is 5.63. The third kappa shape index (κ3) is 4.76. The molecule has 0 bridgehead atoms. The van der Waals surface area contributed by atoms with Crippen molar-refractivity contribution in [3.8, 4) is 11.3 Å². The van der Waals surface area contributed by atoms with Gasteiger partial charge in [0.25, 0.3) is 0 Å². The maximum absolute atomic E-state index is 5.39. The minimum atomic E-state index is 0.571. The predicted molar refractivity (Wildman–Crippen MR) is 112 cm³/mol. The smallest absolute Gasteiger partial charge is 0.225 e. The van der Waals surface area contributed by atoms with Crippen LogP contribution in [0.15, 0.2) is 89.5 Å². The Hall–Kier alpha value is -3.60. The molecule has 4 rings (SSSR count). The maximum atomic E-state index is 5.39. The maximum Gasteiger partial charge on any atom is 0.225 e. The summed E-state index contributed by atoms with van der Waals surface area (Å²) in [6.45, 7) is 1.33. The Morgan fingerprint density at radius 3 is 2.32 bits per heavy atom. The van der Waals surface area contributed by atoms with Crippen molar-refractivity contribution in [2.75, 3.05) is 17.2 Å². The third-order valence-corrected chi connectivity index (χ3v) is 4.36. The molecule has 28 heavy (non-hydrogen) atoms. The minimum absolute atomic E-state index is 0.571. The van der Waals surface area contributed by atoms with E-state index in [4.69, 9.17) is 9.40 Å². The first-order valence-electron chi connectivity index (χ1n) is 9.35. The van der Waals surface area contributed by atoms with Gasteiger partial charge in [-0.25, -0.2) is 4.98 Å². The van der Waals surface area contributed by atoms with Crippen LogP contribution in [0.1, 0.15) is 11.3 Å². The zero-order chi connectivity index (χ0) is 19.0. The van der Waals surface area contributed by atoms with E-state index < -0.39 is 0 Å². The molecule has 5 heteroatoms. The van der Waals surface area contributed by atoms with Crippen molar-refractivity contribution in [3.05, 3.63) is 96.4 Å². The Morgan fingerprint density at radius 2 is 1.57 bits per heavy atom. The van der Waals surface area contributed by atoms with Gasteiger partial charge in [0.05, 0.1) is 18.5 Å². The van der Waals surface area contributed by atoms with E-state index in [1.807, 2.05) is 54.6 Å². The second-order valence-corrected chi connectivity index (χ2v) is 6.42. The van der Waals surface area contributed by atoms with Crippen molar-refractivity contribution in [2.24, 2.45) is 0 Å². The fourth-order valence-electron chi connectivity index (χ4n) is 2.93. The van der Waals surface area contributed by atoms with E-state index >= 15 is 0 Å². The van der Waals surface area contributed by atoms with Gasteiger partial charge in [-0.3, -0.25) is 0 Å². The molecule has 2 aromatic heterocycles. The number of nitrogens with one attached hydrogen (secondary N) is 2. The van der Waals surface area contributed by atoms with Crippen LogP contribution < -0.4 is 10.6 Å². The van der Waals surface area contributed by atoms with Crippen molar-refractivity contribution >= 4 is 11.8 Å². The summed E-state index contributed by atoms with van der Waals surface area (Å²) in [5.74, 6) is 2.23. The first-order valence-corrected chi connectivity index (χ1v) is 9.35. The highest BCUT2D eigenvalue weighted by molar-refractivity contribution is 5.64. The second kappa shape index (κ2) is 8.86. The van der Waals surface area contributed by atoms with E-state index in [1.165, 1.54) is 5.56 Å². The molecule has 0 unspecified atom stereocenters. The van der Waals surface area contributed by atoms with Crippen LogP contribution >= 0.6 is 0 Å². The van der Waals surface area contributed by atoms with Gasteiger partial charge >= 0.3 is 0 Å². The predicted octanol–water partition coefficient (Wildman–Crippen LogP) is 5.00. The van der Waals surface area contributed by atoms with E-state index in [-0.39, 0.29) is 0 Å². The lowest BCUT2D eigenvalue weighted by atomic mass is 10.1. The van der Waals surface area contributed by atoms with Crippen molar-refractivity contribution in [1.29, 1.82) is 0 Å². The van der Waals surface area contributed by atoms with Crippen LogP contribution in [0.3, 0.4) is 0 Å². The number of benzene rings is 2. The number of nitrogens with zero attached hydrogens (tertiary/aromatic N) is 2. The van der Waals surface area contributed by atoms with Gasteiger partial charge in [-0.2, -0.15) is 4.98 Å². The van der Waals surface area contributed by atoms with Crippen LogP contribution in [0, 0.1) is 0 Å². The fraction of sp³-hybridized carbons (Fsp3) is 0.130. The first-order chi connectivity index (χ1) is 13.9. The van der Waals surface area contributed by atoms with Crippen LogP contribution in [-0.2, 0) is 13.0 Å². The first kappa shape index (κ1) is 17.8. The van der Waals surface area contributed by atoms with Crippen LogP contribution in [0.5, 0.6) is 0 Å². The van der Waals surface area contributed by atoms with Crippen LogP contribution in [0.25, 0.3) is 11.3 Å². The topological polar surface area (TPSA) is 63.0 Å².